The van der Waals surface area contributed by atoms with Crippen LogP contribution in [0.15, 0.2) is 24.3 Å². The maximum Gasteiger partial charge on any atom is 0.323 e. The highest BCUT2D eigenvalue weighted by molar-refractivity contribution is 6.04. The maximum absolute atomic E-state index is 11.8. The van der Waals surface area contributed by atoms with Crippen molar-refractivity contribution >= 4 is 23.5 Å². The van der Waals surface area contributed by atoms with Gasteiger partial charge in [0.1, 0.15) is 12.3 Å². The average molecular weight is 278 g/mol. The lowest BCUT2D eigenvalue weighted by Gasteiger charge is -2.33. The predicted molar refractivity (Wildman–Crippen MR) is 69.6 cm³/mol. The van der Waals surface area contributed by atoms with Gasteiger partial charge in [0.2, 0.25) is 11.8 Å². The van der Waals surface area contributed by atoms with E-state index in [1.54, 1.807) is 29.2 Å². The van der Waals surface area contributed by atoms with Crippen molar-refractivity contribution in [2.24, 2.45) is 0 Å². The van der Waals surface area contributed by atoms with Crippen molar-refractivity contribution in [3.63, 3.8) is 0 Å². The molecule has 1 N–H and O–H groups in total. The fourth-order valence-electron chi connectivity index (χ4n) is 1.99. The van der Waals surface area contributed by atoms with Crippen LogP contribution >= 0.6 is 0 Å². The number of imide groups is 1. The molecule has 1 aromatic carbocycles. The fourth-order valence-corrected chi connectivity index (χ4v) is 1.99. The number of nitrogens with zero attached hydrogens (tertiary/aromatic N) is 2. The summed E-state index contributed by atoms with van der Waals surface area (Å²) in [6.45, 7) is -0.665. The largest absolute Gasteiger partial charge is 0.497 e. The highest BCUT2D eigenvalue weighted by Gasteiger charge is 2.32. The summed E-state index contributed by atoms with van der Waals surface area (Å²) in [6, 6.07) is 6.99. The number of ether oxygens (including phenoxy) is 1. The molecule has 106 valence electrons. The molecule has 0 radical (unpaired) electrons. The van der Waals surface area contributed by atoms with E-state index >= 15 is 0 Å². The number of carboxylic acid groups (broad SMARTS) is 1. The number of benzene rings is 1. The summed E-state index contributed by atoms with van der Waals surface area (Å²) < 4.78 is 5.09. The maximum atomic E-state index is 11.8. The van der Waals surface area contributed by atoms with Gasteiger partial charge in [-0.3, -0.25) is 19.3 Å². The fraction of sp³-hybridized carbons (Fsp3) is 0.308. The van der Waals surface area contributed by atoms with Crippen molar-refractivity contribution in [3.8, 4) is 5.75 Å². The Balaban J connectivity index is 2.15. The van der Waals surface area contributed by atoms with E-state index in [2.05, 4.69) is 0 Å². The molecule has 1 saturated heterocycles. The van der Waals surface area contributed by atoms with Crippen molar-refractivity contribution in [1.82, 2.24) is 4.90 Å². The summed E-state index contributed by atoms with van der Waals surface area (Å²) in [5.74, 6) is -1.63. The minimum atomic E-state index is -1.21. The highest BCUT2D eigenvalue weighted by atomic mass is 16.5. The summed E-state index contributed by atoms with van der Waals surface area (Å²) in [5, 5.41) is 8.68. The van der Waals surface area contributed by atoms with E-state index in [1.807, 2.05) is 0 Å². The third-order valence-electron chi connectivity index (χ3n) is 2.97. The minimum absolute atomic E-state index is 0.0355. The second-order valence-electron chi connectivity index (χ2n) is 4.32. The number of amides is 2. The molecule has 0 aromatic heterocycles. The number of carbonyl (C=O) groups is 3. The van der Waals surface area contributed by atoms with Crippen LogP contribution in [0.25, 0.3) is 0 Å². The Morgan fingerprint density at radius 3 is 2.50 bits per heavy atom. The molecule has 7 nitrogen and oxygen atoms in total. The van der Waals surface area contributed by atoms with Crippen molar-refractivity contribution in [2.75, 3.05) is 31.6 Å². The summed E-state index contributed by atoms with van der Waals surface area (Å²) in [6.07, 6.45) is 0. The zero-order valence-electron chi connectivity index (χ0n) is 10.9. The van der Waals surface area contributed by atoms with Crippen LogP contribution in [0.3, 0.4) is 0 Å². The van der Waals surface area contributed by atoms with Crippen molar-refractivity contribution < 1.29 is 24.2 Å². The standard InChI is InChI=1S/C13H14N2O5/c1-20-10-4-2-3-9(5-10)14-6-11(16)15(8-13(18)19)12(17)7-14/h2-5H,6-8H2,1H3,(H,18,19). The van der Waals surface area contributed by atoms with E-state index in [0.717, 1.165) is 4.90 Å². The third-order valence-corrected chi connectivity index (χ3v) is 2.97. The van der Waals surface area contributed by atoms with E-state index in [4.69, 9.17) is 9.84 Å². The topological polar surface area (TPSA) is 87.2 Å². The number of rotatable bonds is 4. The normalized spacial score (nSPS) is 15.4. The summed E-state index contributed by atoms with van der Waals surface area (Å²) in [7, 11) is 1.53. The molecule has 1 aromatic rings. The number of methoxy groups -OCH3 is 1. The number of carboxylic acids is 1. The van der Waals surface area contributed by atoms with Gasteiger partial charge in [-0.15, -0.1) is 0 Å². The smallest absolute Gasteiger partial charge is 0.323 e. The van der Waals surface area contributed by atoms with Gasteiger partial charge in [-0.2, -0.15) is 0 Å². The van der Waals surface area contributed by atoms with Gasteiger partial charge in [0.05, 0.1) is 20.2 Å². The first-order chi connectivity index (χ1) is 9.51. The average Bonchev–Trinajstić information content (AvgIpc) is 2.42. The van der Waals surface area contributed by atoms with Gasteiger partial charge in [-0.1, -0.05) is 6.07 Å². The van der Waals surface area contributed by atoms with Crippen molar-refractivity contribution in [1.29, 1.82) is 0 Å². The molecule has 1 heterocycles. The van der Waals surface area contributed by atoms with Gasteiger partial charge in [-0.25, -0.2) is 0 Å². The third kappa shape index (κ3) is 2.87. The number of anilines is 1. The Kier molecular flexibility index (Phi) is 3.88. The van der Waals surface area contributed by atoms with Crippen LogP contribution in [-0.2, 0) is 14.4 Å². The molecule has 0 bridgehead atoms. The van der Waals surface area contributed by atoms with Gasteiger partial charge in [0.25, 0.3) is 0 Å². The summed E-state index contributed by atoms with van der Waals surface area (Å²) in [4.78, 5) is 36.7. The molecule has 1 aliphatic rings. The molecule has 0 spiro atoms. The van der Waals surface area contributed by atoms with E-state index in [1.165, 1.54) is 7.11 Å². The van der Waals surface area contributed by atoms with Gasteiger partial charge >= 0.3 is 5.97 Å². The monoisotopic (exact) mass is 278 g/mol. The lowest BCUT2D eigenvalue weighted by atomic mass is 10.2. The van der Waals surface area contributed by atoms with E-state index < -0.39 is 24.3 Å². The number of hydrogen-bond donors (Lipinski definition) is 1. The molecule has 0 saturated carbocycles. The van der Waals surface area contributed by atoms with Crippen LogP contribution in [0.5, 0.6) is 5.75 Å². The molecular formula is C13H14N2O5. The molecule has 20 heavy (non-hydrogen) atoms. The van der Waals surface area contributed by atoms with Crippen LogP contribution in [0.1, 0.15) is 0 Å². The van der Waals surface area contributed by atoms with Crippen LogP contribution in [0, 0.1) is 0 Å². The lowest BCUT2D eigenvalue weighted by Crippen LogP contribution is -2.55. The Bertz CT molecular complexity index is 539. The second kappa shape index (κ2) is 5.60. The molecule has 2 rings (SSSR count). The van der Waals surface area contributed by atoms with Gasteiger partial charge in [0, 0.05) is 11.8 Å². The molecule has 0 aliphatic carbocycles. The molecule has 0 atom stereocenters. The van der Waals surface area contributed by atoms with Crippen LogP contribution in [0.2, 0.25) is 0 Å². The number of piperazine rings is 1. The first-order valence-corrected chi connectivity index (χ1v) is 5.95. The Labute approximate surface area is 115 Å². The summed E-state index contributed by atoms with van der Waals surface area (Å²) >= 11 is 0. The molecular weight excluding hydrogens is 264 g/mol. The molecule has 1 aliphatic heterocycles. The van der Waals surface area contributed by atoms with Crippen LogP contribution in [-0.4, -0.2) is 54.5 Å². The Morgan fingerprint density at radius 2 is 1.95 bits per heavy atom. The zero-order chi connectivity index (χ0) is 14.7. The molecule has 2 amide bonds. The first kappa shape index (κ1) is 13.9. The number of aliphatic carboxylic acids is 1. The molecule has 0 unspecified atom stereocenters. The van der Waals surface area contributed by atoms with E-state index in [-0.39, 0.29) is 13.1 Å². The van der Waals surface area contributed by atoms with Crippen LogP contribution < -0.4 is 9.64 Å². The summed E-state index contributed by atoms with van der Waals surface area (Å²) in [5.41, 5.74) is 0.682. The van der Waals surface area contributed by atoms with Gasteiger partial charge in [0.15, 0.2) is 0 Å². The van der Waals surface area contributed by atoms with Gasteiger partial charge < -0.3 is 14.7 Å². The lowest BCUT2D eigenvalue weighted by molar-refractivity contribution is -0.153. The Morgan fingerprint density at radius 1 is 1.30 bits per heavy atom. The van der Waals surface area contributed by atoms with Crippen LogP contribution in [0.4, 0.5) is 5.69 Å². The number of carbonyl (C=O) groups excluding carboxylic acids is 2. The quantitative estimate of drug-likeness (QED) is 0.777. The molecule has 7 heteroatoms. The SMILES string of the molecule is COc1cccc(N2CC(=O)N(CC(=O)O)C(=O)C2)c1. The van der Waals surface area contributed by atoms with E-state index in [0.29, 0.717) is 11.4 Å². The zero-order valence-corrected chi connectivity index (χ0v) is 10.9. The van der Waals surface area contributed by atoms with Crippen molar-refractivity contribution in [2.45, 2.75) is 0 Å². The highest BCUT2D eigenvalue weighted by Crippen LogP contribution is 2.22. The Hall–Kier alpha value is -2.57. The predicted octanol–water partition coefficient (Wildman–Crippen LogP) is -0.0450. The van der Waals surface area contributed by atoms with Crippen molar-refractivity contribution in [3.05, 3.63) is 24.3 Å². The first-order valence-electron chi connectivity index (χ1n) is 5.95. The minimum Gasteiger partial charge on any atom is -0.497 e. The molecule has 1 fully saturated rings. The van der Waals surface area contributed by atoms with E-state index in [9.17, 15) is 14.4 Å². The van der Waals surface area contributed by atoms with Gasteiger partial charge in [-0.05, 0) is 12.1 Å². The number of hydrogen-bond acceptors (Lipinski definition) is 5. The second-order valence-corrected chi connectivity index (χ2v) is 4.32.